The lowest BCUT2D eigenvalue weighted by Crippen LogP contribution is -1.80. The van der Waals surface area contributed by atoms with Gasteiger partial charge < -0.3 is 5.73 Å². The van der Waals surface area contributed by atoms with Crippen molar-refractivity contribution in [2.24, 2.45) is 0 Å². The fourth-order valence-electron chi connectivity index (χ4n) is 0.977. The van der Waals surface area contributed by atoms with E-state index in [2.05, 4.69) is 22.9 Å². The second-order valence-electron chi connectivity index (χ2n) is 2.21. The van der Waals surface area contributed by atoms with Crippen LogP contribution in [0.1, 0.15) is 0 Å². The summed E-state index contributed by atoms with van der Waals surface area (Å²) in [5.41, 5.74) is 8.15. The second-order valence-corrected chi connectivity index (χ2v) is 3.94. The Kier molecular flexibility index (Phi) is 1.68. The van der Waals surface area contributed by atoms with Crippen LogP contribution in [0, 0.1) is 0 Å². The van der Waals surface area contributed by atoms with Crippen molar-refractivity contribution in [3.8, 4) is 11.1 Å². The van der Waals surface area contributed by atoms with Crippen LogP contribution in [-0.2, 0) is 0 Å². The Labute approximate surface area is 73.1 Å². The molecule has 2 rings (SSSR count). The van der Waals surface area contributed by atoms with Crippen molar-refractivity contribution >= 4 is 27.7 Å². The Hall–Kier alpha value is -0.800. The van der Waals surface area contributed by atoms with Crippen LogP contribution in [0.4, 0.5) is 5.00 Å². The largest absolute Gasteiger partial charge is 0.390 e. The van der Waals surface area contributed by atoms with E-state index in [4.69, 9.17) is 5.73 Å². The van der Waals surface area contributed by atoms with Gasteiger partial charge in [-0.15, -0.1) is 11.3 Å². The zero-order valence-electron chi connectivity index (χ0n) is 5.78. The average molecular weight is 181 g/mol. The lowest BCUT2D eigenvalue weighted by atomic mass is 10.2. The molecule has 0 aliphatic rings. The van der Waals surface area contributed by atoms with Gasteiger partial charge in [0, 0.05) is 5.56 Å². The number of nitrogens with two attached hydrogens (primary N) is 1. The summed E-state index contributed by atoms with van der Waals surface area (Å²) < 4.78 is 0. The molecule has 0 aliphatic carbocycles. The van der Waals surface area contributed by atoms with E-state index in [1.54, 1.807) is 22.7 Å². The highest BCUT2D eigenvalue weighted by Crippen LogP contribution is 2.31. The van der Waals surface area contributed by atoms with Crippen molar-refractivity contribution in [1.82, 2.24) is 0 Å². The van der Waals surface area contributed by atoms with Gasteiger partial charge in [0.05, 0.1) is 5.00 Å². The van der Waals surface area contributed by atoms with Crippen LogP contribution in [0.3, 0.4) is 0 Å². The summed E-state index contributed by atoms with van der Waals surface area (Å²) in [7, 11) is 0. The highest BCUT2D eigenvalue weighted by molar-refractivity contribution is 7.14. The van der Waals surface area contributed by atoms with Gasteiger partial charge in [-0.3, -0.25) is 0 Å². The van der Waals surface area contributed by atoms with Gasteiger partial charge in [0.2, 0.25) is 0 Å². The molecule has 0 bridgehead atoms. The Morgan fingerprint density at radius 3 is 2.64 bits per heavy atom. The van der Waals surface area contributed by atoms with Gasteiger partial charge in [0.15, 0.2) is 0 Å². The molecule has 1 nitrogen and oxygen atoms in total. The molecule has 11 heavy (non-hydrogen) atoms. The van der Waals surface area contributed by atoms with Crippen LogP contribution in [0.15, 0.2) is 28.3 Å². The number of hydrogen-bond donors (Lipinski definition) is 1. The van der Waals surface area contributed by atoms with Crippen LogP contribution < -0.4 is 5.73 Å². The summed E-state index contributed by atoms with van der Waals surface area (Å²) in [6, 6.07) is 4.14. The van der Waals surface area contributed by atoms with Gasteiger partial charge >= 0.3 is 0 Å². The average Bonchev–Trinajstić information content (AvgIpc) is 2.55. The normalized spacial score (nSPS) is 10.2. The smallest absolute Gasteiger partial charge is 0.0936 e. The maximum atomic E-state index is 5.75. The Balaban J connectivity index is 2.53. The molecule has 0 spiro atoms. The molecule has 2 aromatic heterocycles. The first-order valence-electron chi connectivity index (χ1n) is 3.23. The zero-order chi connectivity index (χ0) is 7.68. The molecular formula is C8H7NS2. The number of thiophene rings is 2. The van der Waals surface area contributed by atoms with Gasteiger partial charge in [-0.25, -0.2) is 0 Å². The third-order valence-electron chi connectivity index (χ3n) is 1.53. The molecule has 0 unspecified atom stereocenters. The minimum absolute atomic E-state index is 0.906. The lowest BCUT2D eigenvalue weighted by molar-refractivity contribution is 1.81. The minimum Gasteiger partial charge on any atom is -0.390 e. The molecule has 0 radical (unpaired) electrons. The molecule has 0 fully saturated rings. The van der Waals surface area contributed by atoms with E-state index < -0.39 is 0 Å². The molecule has 2 aromatic rings. The van der Waals surface area contributed by atoms with E-state index in [1.807, 2.05) is 5.38 Å². The van der Waals surface area contributed by atoms with Crippen molar-refractivity contribution in [3.63, 3.8) is 0 Å². The SMILES string of the molecule is Nc1sccc1-c1ccsc1. The van der Waals surface area contributed by atoms with Crippen LogP contribution in [0.25, 0.3) is 11.1 Å². The highest BCUT2D eigenvalue weighted by Gasteiger charge is 2.02. The van der Waals surface area contributed by atoms with Crippen molar-refractivity contribution in [2.45, 2.75) is 0 Å². The first kappa shape index (κ1) is 6.88. The van der Waals surface area contributed by atoms with Crippen molar-refractivity contribution < 1.29 is 0 Å². The summed E-state index contributed by atoms with van der Waals surface area (Å²) in [4.78, 5) is 0. The highest BCUT2D eigenvalue weighted by atomic mass is 32.1. The van der Waals surface area contributed by atoms with Crippen LogP contribution in [0.5, 0.6) is 0 Å². The predicted octanol–water partition coefficient (Wildman–Crippen LogP) is 3.06. The van der Waals surface area contributed by atoms with Gasteiger partial charge in [-0.05, 0) is 33.8 Å². The van der Waals surface area contributed by atoms with Gasteiger partial charge in [0.1, 0.15) is 0 Å². The van der Waals surface area contributed by atoms with Crippen molar-refractivity contribution in [2.75, 3.05) is 5.73 Å². The van der Waals surface area contributed by atoms with Gasteiger partial charge in [0.25, 0.3) is 0 Å². The fraction of sp³-hybridized carbons (Fsp3) is 0. The summed E-state index contributed by atoms with van der Waals surface area (Å²) >= 11 is 3.28. The van der Waals surface area contributed by atoms with E-state index in [1.165, 1.54) is 5.56 Å². The second kappa shape index (κ2) is 2.68. The maximum Gasteiger partial charge on any atom is 0.0936 e. The molecular weight excluding hydrogens is 174 g/mol. The Morgan fingerprint density at radius 1 is 1.18 bits per heavy atom. The number of rotatable bonds is 1. The molecule has 0 saturated carbocycles. The standard InChI is InChI=1S/C8H7NS2/c9-8-7(2-4-11-8)6-1-3-10-5-6/h1-5H,9H2. The van der Waals surface area contributed by atoms with Crippen LogP contribution >= 0.6 is 22.7 Å². The first-order chi connectivity index (χ1) is 5.38. The first-order valence-corrected chi connectivity index (χ1v) is 5.06. The third kappa shape index (κ3) is 1.17. The zero-order valence-corrected chi connectivity index (χ0v) is 7.41. The minimum atomic E-state index is 0.906. The predicted molar refractivity (Wildman–Crippen MR) is 52.0 cm³/mol. The van der Waals surface area contributed by atoms with E-state index in [-0.39, 0.29) is 0 Å². The third-order valence-corrected chi connectivity index (χ3v) is 2.96. The molecule has 56 valence electrons. The van der Waals surface area contributed by atoms with Gasteiger partial charge in [-0.2, -0.15) is 11.3 Å². The Bertz CT molecular complexity index is 335. The molecule has 2 N–H and O–H groups in total. The summed E-state index contributed by atoms with van der Waals surface area (Å²) in [6.07, 6.45) is 0. The molecule has 0 saturated heterocycles. The topological polar surface area (TPSA) is 26.0 Å². The molecule has 0 amide bonds. The monoisotopic (exact) mass is 181 g/mol. The summed E-state index contributed by atoms with van der Waals surface area (Å²) in [5, 5.41) is 7.09. The maximum absolute atomic E-state index is 5.75. The van der Waals surface area contributed by atoms with Gasteiger partial charge in [-0.1, -0.05) is 0 Å². The fourth-order valence-corrected chi connectivity index (χ4v) is 2.30. The van der Waals surface area contributed by atoms with Crippen LogP contribution in [0.2, 0.25) is 0 Å². The van der Waals surface area contributed by atoms with E-state index in [9.17, 15) is 0 Å². The molecule has 3 heteroatoms. The molecule has 2 heterocycles. The van der Waals surface area contributed by atoms with E-state index in [0.29, 0.717) is 0 Å². The van der Waals surface area contributed by atoms with Crippen LogP contribution in [-0.4, -0.2) is 0 Å². The molecule has 0 aliphatic heterocycles. The number of anilines is 1. The van der Waals surface area contributed by atoms with Crippen molar-refractivity contribution in [3.05, 3.63) is 28.3 Å². The molecule has 0 atom stereocenters. The Morgan fingerprint density at radius 2 is 2.09 bits per heavy atom. The van der Waals surface area contributed by atoms with E-state index >= 15 is 0 Å². The van der Waals surface area contributed by atoms with Crippen molar-refractivity contribution in [1.29, 1.82) is 0 Å². The lowest BCUT2D eigenvalue weighted by Gasteiger charge is -1.92. The summed E-state index contributed by atoms with van der Waals surface area (Å²) in [5.74, 6) is 0. The number of nitrogen functional groups attached to an aromatic ring is 1. The summed E-state index contributed by atoms with van der Waals surface area (Å²) in [6.45, 7) is 0. The quantitative estimate of drug-likeness (QED) is 0.719. The molecule has 0 aromatic carbocycles. The van der Waals surface area contributed by atoms with E-state index in [0.717, 1.165) is 10.6 Å². The number of hydrogen-bond acceptors (Lipinski definition) is 3.